The Morgan fingerprint density at radius 2 is 0.905 bits per heavy atom. The van der Waals surface area contributed by atoms with E-state index in [-0.39, 0.29) is 5.41 Å². The summed E-state index contributed by atoms with van der Waals surface area (Å²) in [4.78, 5) is 0. The van der Waals surface area contributed by atoms with Crippen LogP contribution in [0.25, 0.3) is 0 Å². The Bertz CT molecular complexity index is 309. The van der Waals surface area contributed by atoms with E-state index in [1.54, 1.807) is 0 Å². The van der Waals surface area contributed by atoms with Gasteiger partial charge in [-0.15, -0.1) is 0 Å². The van der Waals surface area contributed by atoms with Gasteiger partial charge in [0.05, 0.1) is 0 Å². The summed E-state index contributed by atoms with van der Waals surface area (Å²) in [7, 11) is 0. The zero-order valence-electron chi connectivity index (χ0n) is 17.0. The maximum absolute atomic E-state index is 2.30. The van der Waals surface area contributed by atoms with Crippen molar-refractivity contribution in [3.8, 4) is 0 Å². The molecule has 0 aromatic heterocycles. The van der Waals surface area contributed by atoms with Crippen molar-refractivity contribution in [3.05, 3.63) is 35.4 Å². The smallest absolute Gasteiger partial charge is 0.0106 e. The zero-order valence-corrected chi connectivity index (χ0v) is 17.0. The fraction of sp³-hybridized carbons (Fsp3) is 0.714. The first-order valence-corrected chi connectivity index (χ1v) is 8.88. The first-order chi connectivity index (χ1) is 9.77. The van der Waals surface area contributed by atoms with Crippen LogP contribution in [-0.4, -0.2) is 0 Å². The molecule has 21 heavy (non-hydrogen) atoms. The van der Waals surface area contributed by atoms with Gasteiger partial charge in [-0.25, -0.2) is 0 Å². The Morgan fingerprint density at radius 3 is 1.14 bits per heavy atom. The third-order valence-electron chi connectivity index (χ3n) is 3.42. The van der Waals surface area contributed by atoms with Crippen LogP contribution >= 0.6 is 0 Å². The third kappa shape index (κ3) is 9.72. The first kappa shape index (κ1) is 25.2. The van der Waals surface area contributed by atoms with E-state index in [1.807, 2.05) is 41.5 Å². The van der Waals surface area contributed by atoms with Gasteiger partial charge in [-0.2, -0.15) is 0 Å². The van der Waals surface area contributed by atoms with Crippen molar-refractivity contribution in [1.82, 2.24) is 0 Å². The average Bonchev–Trinajstić information content (AvgIpc) is 2.52. The molecule has 1 aromatic carbocycles. The van der Waals surface area contributed by atoms with Gasteiger partial charge in [-0.3, -0.25) is 0 Å². The molecule has 0 N–H and O–H groups in total. The highest BCUT2D eigenvalue weighted by Gasteiger charge is 2.19. The Balaban J connectivity index is -0.000000478. The molecule has 0 spiro atoms. The summed E-state index contributed by atoms with van der Waals surface area (Å²) in [6, 6.07) is 9.10. The molecule has 0 aliphatic rings. The lowest BCUT2D eigenvalue weighted by molar-refractivity contribution is 0.505. The molecule has 0 heterocycles. The molecule has 0 fully saturated rings. The van der Waals surface area contributed by atoms with E-state index in [4.69, 9.17) is 0 Å². The predicted molar refractivity (Wildman–Crippen MR) is 103 cm³/mol. The number of rotatable bonds is 2. The minimum absolute atomic E-state index is 0.259. The molecule has 0 saturated heterocycles. The van der Waals surface area contributed by atoms with Gasteiger partial charge in [0.15, 0.2) is 0 Å². The molecule has 0 atom stereocenters. The predicted octanol–water partition coefficient (Wildman–Crippen LogP) is 7.75. The largest absolute Gasteiger partial charge is 0.0683 e. The molecule has 0 bridgehead atoms. The number of hydrogen-bond acceptors (Lipinski definition) is 0. The summed E-state index contributed by atoms with van der Waals surface area (Å²) >= 11 is 0. The van der Waals surface area contributed by atoms with E-state index in [1.165, 1.54) is 17.5 Å². The van der Waals surface area contributed by atoms with Gasteiger partial charge < -0.3 is 0 Å². The maximum atomic E-state index is 2.30. The first-order valence-electron chi connectivity index (χ1n) is 8.88. The van der Waals surface area contributed by atoms with Crippen LogP contribution in [0.2, 0.25) is 0 Å². The lowest BCUT2D eigenvalue weighted by Crippen LogP contribution is -2.16. The highest BCUT2D eigenvalue weighted by Crippen LogP contribution is 2.29. The molecule has 0 nitrogen and oxygen atoms in total. The van der Waals surface area contributed by atoms with Crippen LogP contribution in [0.1, 0.15) is 101 Å². The Labute approximate surface area is 136 Å². The van der Waals surface area contributed by atoms with E-state index < -0.39 is 0 Å². The molecule has 0 saturated carbocycles. The second-order valence-electron chi connectivity index (χ2n) is 6.06. The van der Waals surface area contributed by atoms with Gasteiger partial charge in [-0.05, 0) is 28.4 Å². The van der Waals surface area contributed by atoms with Crippen LogP contribution in [0.4, 0.5) is 0 Å². The molecule has 0 heteroatoms. The van der Waals surface area contributed by atoms with Crippen LogP contribution in [-0.2, 0) is 10.8 Å². The highest BCUT2D eigenvalue weighted by atomic mass is 14.2. The minimum Gasteiger partial charge on any atom is -0.0683 e. The fourth-order valence-electron chi connectivity index (χ4n) is 1.63. The molecule has 1 rings (SSSR count). The van der Waals surface area contributed by atoms with Crippen LogP contribution in [0.15, 0.2) is 24.3 Å². The fourth-order valence-corrected chi connectivity index (χ4v) is 1.63. The molecule has 0 unspecified atom stereocenters. The van der Waals surface area contributed by atoms with Crippen molar-refractivity contribution in [2.24, 2.45) is 0 Å². The monoisotopic (exact) mass is 294 g/mol. The van der Waals surface area contributed by atoms with Crippen LogP contribution < -0.4 is 0 Å². The summed E-state index contributed by atoms with van der Waals surface area (Å²) in [6.45, 7) is 25.6. The van der Waals surface area contributed by atoms with Crippen molar-refractivity contribution in [1.29, 1.82) is 0 Å². The van der Waals surface area contributed by atoms with Gasteiger partial charge in [0.2, 0.25) is 0 Å². The summed E-state index contributed by atoms with van der Waals surface area (Å²) in [5.41, 5.74) is 3.42. The number of benzene rings is 1. The molecule has 1 aromatic rings. The van der Waals surface area contributed by atoms with Gasteiger partial charge in [-0.1, -0.05) is 107 Å². The second kappa shape index (κ2) is 12.9. The molecule has 0 amide bonds. The minimum atomic E-state index is 0.259. The van der Waals surface area contributed by atoms with E-state index in [9.17, 15) is 0 Å². The van der Waals surface area contributed by atoms with Crippen LogP contribution in [0, 0.1) is 0 Å². The maximum Gasteiger partial charge on any atom is -0.0106 e. The highest BCUT2D eigenvalue weighted by molar-refractivity contribution is 5.31. The summed E-state index contributed by atoms with van der Waals surface area (Å²) in [5.74, 6) is 0. The Kier molecular flexibility index (Phi) is 15.5. The second-order valence-corrected chi connectivity index (χ2v) is 6.06. The van der Waals surface area contributed by atoms with Crippen molar-refractivity contribution >= 4 is 0 Å². The Hall–Kier alpha value is -0.780. The standard InChI is InChI=1S/C15H24.3C2H6/c1-7-15(5,6)13-10-8-12(9-11-13)14(2,3)4;3*1-2/h8-11H,7H2,1-6H3;3*1-2H3. The van der Waals surface area contributed by atoms with E-state index in [0.717, 1.165) is 0 Å². The molecular formula is C21H42. The average molecular weight is 295 g/mol. The van der Waals surface area contributed by atoms with Crippen molar-refractivity contribution in [3.63, 3.8) is 0 Å². The topological polar surface area (TPSA) is 0 Å². The van der Waals surface area contributed by atoms with Crippen molar-refractivity contribution in [2.75, 3.05) is 0 Å². The zero-order chi connectivity index (χ0) is 17.7. The Morgan fingerprint density at radius 1 is 0.619 bits per heavy atom. The van der Waals surface area contributed by atoms with Crippen LogP contribution in [0.5, 0.6) is 0 Å². The van der Waals surface area contributed by atoms with E-state index in [0.29, 0.717) is 5.41 Å². The molecule has 0 aliphatic heterocycles. The summed E-state index contributed by atoms with van der Waals surface area (Å²) < 4.78 is 0. The van der Waals surface area contributed by atoms with E-state index in [2.05, 4.69) is 65.8 Å². The van der Waals surface area contributed by atoms with Crippen LogP contribution in [0.3, 0.4) is 0 Å². The molecule has 126 valence electrons. The number of hydrogen-bond donors (Lipinski definition) is 0. The molecule has 0 radical (unpaired) electrons. The molecule has 0 aliphatic carbocycles. The lowest BCUT2D eigenvalue weighted by Gasteiger charge is -2.25. The van der Waals surface area contributed by atoms with Gasteiger partial charge in [0.1, 0.15) is 0 Å². The van der Waals surface area contributed by atoms with Gasteiger partial charge in [0.25, 0.3) is 0 Å². The summed E-state index contributed by atoms with van der Waals surface area (Å²) in [5, 5.41) is 0. The van der Waals surface area contributed by atoms with Crippen molar-refractivity contribution < 1.29 is 0 Å². The van der Waals surface area contributed by atoms with E-state index >= 15 is 0 Å². The quantitative estimate of drug-likeness (QED) is 0.523. The van der Waals surface area contributed by atoms with Gasteiger partial charge in [0, 0.05) is 0 Å². The molecular weight excluding hydrogens is 252 g/mol. The lowest BCUT2D eigenvalue weighted by atomic mass is 9.80. The normalized spacial score (nSPS) is 10.1. The SMILES string of the molecule is CC.CC.CC.CCC(C)(C)c1ccc(C(C)(C)C)cc1. The van der Waals surface area contributed by atoms with Gasteiger partial charge >= 0.3 is 0 Å². The summed E-state index contributed by atoms with van der Waals surface area (Å²) in [6.07, 6.45) is 1.18. The van der Waals surface area contributed by atoms with Crippen molar-refractivity contribution in [2.45, 2.75) is 100 Å². The third-order valence-corrected chi connectivity index (χ3v) is 3.42.